The highest BCUT2D eigenvalue weighted by Crippen LogP contribution is 2.49. The second kappa shape index (κ2) is 9.56. The minimum Gasteiger partial charge on any atom is -0.478 e. The second-order valence-corrected chi connectivity index (χ2v) is 9.79. The highest BCUT2D eigenvalue weighted by atomic mass is 16.5. The van der Waals surface area contributed by atoms with Crippen LogP contribution in [0.3, 0.4) is 0 Å². The lowest BCUT2D eigenvalue weighted by atomic mass is 9.84. The zero-order valence-electron chi connectivity index (χ0n) is 19.7. The minimum absolute atomic E-state index is 0.0171. The number of carboxylic acids is 1. The maximum Gasteiger partial charge on any atom is 0.407 e. The lowest BCUT2D eigenvalue weighted by Crippen LogP contribution is -2.50. The fraction of sp³-hybridized carbons (Fsp3) is 0.393. The van der Waals surface area contributed by atoms with Crippen molar-refractivity contribution in [2.45, 2.75) is 38.1 Å². The van der Waals surface area contributed by atoms with E-state index in [2.05, 4.69) is 34.9 Å². The molecule has 3 N–H and O–H groups in total. The Kier molecular flexibility index (Phi) is 6.32. The van der Waals surface area contributed by atoms with Gasteiger partial charge in [-0.25, -0.2) is 9.59 Å². The van der Waals surface area contributed by atoms with Crippen LogP contribution in [0.2, 0.25) is 0 Å². The van der Waals surface area contributed by atoms with Crippen LogP contribution in [0.25, 0.3) is 11.1 Å². The normalized spacial score (nSPS) is 24.5. The van der Waals surface area contributed by atoms with Gasteiger partial charge in [-0.15, -0.1) is 0 Å². The van der Waals surface area contributed by atoms with E-state index in [1.807, 2.05) is 24.3 Å². The van der Waals surface area contributed by atoms with Gasteiger partial charge in [0, 0.05) is 24.1 Å². The molecule has 4 atom stereocenters. The highest BCUT2D eigenvalue weighted by molar-refractivity contribution is 5.86. The third kappa shape index (κ3) is 4.43. The van der Waals surface area contributed by atoms with E-state index in [-0.39, 0.29) is 54.3 Å². The lowest BCUT2D eigenvalue weighted by Gasteiger charge is -2.30. The lowest BCUT2D eigenvalue weighted by molar-refractivity contribution is -0.132. The first kappa shape index (κ1) is 23.1. The molecule has 2 fully saturated rings. The van der Waals surface area contributed by atoms with Gasteiger partial charge in [0.1, 0.15) is 6.61 Å². The van der Waals surface area contributed by atoms with Crippen LogP contribution in [0.1, 0.15) is 43.2 Å². The van der Waals surface area contributed by atoms with Gasteiger partial charge in [-0.1, -0.05) is 54.6 Å². The van der Waals surface area contributed by atoms with E-state index in [9.17, 15) is 14.4 Å². The number of ether oxygens (including phenoxy) is 1. The van der Waals surface area contributed by atoms with Crippen molar-refractivity contribution in [3.8, 4) is 11.1 Å². The maximum atomic E-state index is 12.9. The number of rotatable bonds is 7. The first-order valence-electron chi connectivity index (χ1n) is 12.2. The number of hydrogen-bond acceptors (Lipinski definition) is 4. The first-order valence-corrected chi connectivity index (χ1v) is 12.2. The zero-order valence-corrected chi connectivity index (χ0v) is 19.7. The van der Waals surface area contributed by atoms with E-state index in [1.54, 1.807) is 0 Å². The quantitative estimate of drug-likeness (QED) is 0.525. The number of aliphatic carboxylic acids is 1. The summed E-state index contributed by atoms with van der Waals surface area (Å²) in [6.45, 7) is 1.88. The van der Waals surface area contributed by atoms with Crippen molar-refractivity contribution < 1.29 is 24.2 Å². The predicted octanol–water partition coefficient (Wildman–Crippen LogP) is 4.09. The Morgan fingerprint density at radius 1 is 1.00 bits per heavy atom. The summed E-state index contributed by atoms with van der Waals surface area (Å²) in [5, 5.41) is 14.8. The Labute approximate surface area is 204 Å². The third-order valence-corrected chi connectivity index (χ3v) is 7.87. The third-order valence-electron chi connectivity index (χ3n) is 7.87. The molecule has 3 aliphatic rings. The molecule has 2 aromatic rings. The average Bonchev–Trinajstić information content (AvgIpc) is 3.54. The number of carbonyl (C=O) groups excluding carboxylic acids is 2. The molecule has 2 bridgehead atoms. The second-order valence-electron chi connectivity index (χ2n) is 9.79. The number of carboxylic acid groups (broad SMARTS) is 1. The van der Waals surface area contributed by atoms with E-state index in [4.69, 9.17) is 9.84 Å². The summed E-state index contributed by atoms with van der Waals surface area (Å²) in [5.41, 5.74) is 4.85. The Hall–Kier alpha value is -3.61. The summed E-state index contributed by atoms with van der Waals surface area (Å²) >= 11 is 0. The zero-order chi connectivity index (χ0) is 24.5. The maximum absolute atomic E-state index is 12.9. The molecule has 0 aromatic heterocycles. The van der Waals surface area contributed by atoms with Crippen LogP contribution in [0.15, 0.2) is 60.2 Å². The Bertz CT molecular complexity index is 1140. The Morgan fingerprint density at radius 2 is 1.63 bits per heavy atom. The summed E-state index contributed by atoms with van der Waals surface area (Å²) in [4.78, 5) is 36.8. The molecule has 2 aromatic carbocycles. The molecule has 2 saturated carbocycles. The number of alkyl carbamates (subject to hydrolysis) is 1. The van der Waals surface area contributed by atoms with Gasteiger partial charge in [-0.05, 0) is 60.3 Å². The fourth-order valence-electron chi connectivity index (χ4n) is 6.16. The molecule has 2 amide bonds. The van der Waals surface area contributed by atoms with E-state index >= 15 is 0 Å². The summed E-state index contributed by atoms with van der Waals surface area (Å²) in [5.74, 6) is -1.01. The molecule has 3 aliphatic carbocycles. The molecule has 35 heavy (non-hydrogen) atoms. The van der Waals surface area contributed by atoms with Gasteiger partial charge < -0.3 is 20.5 Å². The first-order chi connectivity index (χ1) is 16.9. The van der Waals surface area contributed by atoms with Crippen molar-refractivity contribution in [2.75, 3.05) is 13.2 Å². The molecular weight excluding hydrogens is 444 g/mol. The molecule has 7 nitrogen and oxygen atoms in total. The number of benzene rings is 2. The average molecular weight is 475 g/mol. The fourth-order valence-corrected chi connectivity index (χ4v) is 6.16. The van der Waals surface area contributed by atoms with Gasteiger partial charge in [-0.2, -0.15) is 0 Å². The minimum atomic E-state index is -1.01. The Morgan fingerprint density at radius 3 is 2.29 bits per heavy atom. The van der Waals surface area contributed by atoms with Crippen molar-refractivity contribution in [1.29, 1.82) is 0 Å². The molecule has 0 aliphatic heterocycles. The van der Waals surface area contributed by atoms with Crippen LogP contribution >= 0.6 is 0 Å². The molecular formula is C28H30N2O5. The molecule has 0 heterocycles. The molecule has 4 unspecified atom stereocenters. The monoisotopic (exact) mass is 474 g/mol. The highest BCUT2D eigenvalue weighted by Gasteiger charge is 2.51. The number of carbonyl (C=O) groups is 3. The van der Waals surface area contributed by atoms with Crippen molar-refractivity contribution in [2.24, 2.45) is 17.8 Å². The van der Waals surface area contributed by atoms with Gasteiger partial charge in [0.05, 0.1) is 5.92 Å². The van der Waals surface area contributed by atoms with Crippen LogP contribution in [-0.4, -0.2) is 42.3 Å². The topological polar surface area (TPSA) is 105 Å². The molecule has 182 valence electrons. The summed E-state index contributed by atoms with van der Waals surface area (Å²) in [6.07, 6.45) is 3.86. The Balaban J connectivity index is 1.22. The van der Waals surface area contributed by atoms with E-state index in [0.717, 1.165) is 30.4 Å². The molecule has 5 rings (SSSR count). The SMILES string of the molecule is C/C(=C\CNC(=O)C1C2CCC(C2)C1NC(=O)OCC1c2ccccc2-c2ccccc21)C(=O)O. The summed E-state index contributed by atoms with van der Waals surface area (Å²) in [6, 6.07) is 16.1. The van der Waals surface area contributed by atoms with E-state index in [1.165, 1.54) is 24.1 Å². The van der Waals surface area contributed by atoms with Crippen LogP contribution in [0.5, 0.6) is 0 Å². The van der Waals surface area contributed by atoms with Crippen LogP contribution < -0.4 is 10.6 Å². The standard InChI is InChI=1S/C28H30N2O5/c1-16(27(32)33)12-13-29-26(31)24-17-10-11-18(14-17)25(24)30-28(34)35-15-23-21-8-4-2-6-19(21)20-7-3-5-9-22(20)23/h2-9,12,17-18,23-25H,10-11,13-15H2,1H3,(H,29,31)(H,30,34)(H,32,33)/b16-12+. The van der Waals surface area contributed by atoms with Crippen LogP contribution in [0.4, 0.5) is 4.79 Å². The molecule has 0 spiro atoms. The van der Waals surface area contributed by atoms with Crippen LogP contribution in [0, 0.1) is 17.8 Å². The molecule has 0 radical (unpaired) electrons. The largest absolute Gasteiger partial charge is 0.478 e. The van der Waals surface area contributed by atoms with Gasteiger partial charge in [0.15, 0.2) is 0 Å². The van der Waals surface area contributed by atoms with Gasteiger partial charge in [-0.3, -0.25) is 4.79 Å². The molecule has 7 heteroatoms. The van der Waals surface area contributed by atoms with Gasteiger partial charge >= 0.3 is 12.1 Å². The van der Waals surface area contributed by atoms with E-state index < -0.39 is 12.1 Å². The van der Waals surface area contributed by atoms with Crippen molar-refractivity contribution in [1.82, 2.24) is 10.6 Å². The van der Waals surface area contributed by atoms with E-state index in [0.29, 0.717) is 0 Å². The number of amides is 2. The molecule has 0 saturated heterocycles. The van der Waals surface area contributed by atoms with Gasteiger partial charge in [0.25, 0.3) is 0 Å². The van der Waals surface area contributed by atoms with Crippen molar-refractivity contribution >= 4 is 18.0 Å². The van der Waals surface area contributed by atoms with Crippen LogP contribution in [-0.2, 0) is 14.3 Å². The van der Waals surface area contributed by atoms with Crippen molar-refractivity contribution in [3.63, 3.8) is 0 Å². The predicted molar refractivity (Wildman–Crippen MR) is 131 cm³/mol. The summed E-state index contributed by atoms with van der Waals surface area (Å²) < 4.78 is 5.72. The summed E-state index contributed by atoms with van der Waals surface area (Å²) in [7, 11) is 0. The number of hydrogen-bond donors (Lipinski definition) is 3. The number of nitrogens with one attached hydrogen (secondary N) is 2. The smallest absolute Gasteiger partial charge is 0.407 e. The number of fused-ring (bicyclic) bond motifs is 5. The van der Waals surface area contributed by atoms with Crippen molar-refractivity contribution in [3.05, 3.63) is 71.3 Å². The van der Waals surface area contributed by atoms with Gasteiger partial charge in [0.2, 0.25) is 5.91 Å².